The Morgan fingerprint density at radius 3 is 2.89 bits per heavy atom. The largest absolute Gasteiger partial charge is 0.493 e. The van der Waals surface area contributed by atoms with Gasteiger partial charge in [-0.05, 0) is 31.9 Å². The molecule has 0 amide bonds. The monoisotopic (exact) mass is 263 g/mol. The van der Waals surface area contributed by atoms with Gasteiger partial charge in [0.1, 0.15) is 0 Å². The predicted octanol–water partition coefficient (Wildman–Crippen LogP) is 3.54. The van der Waals surface area contributed by atoms with Crippen molar-refractivity contribution in [3.63, 3.8) is 0 Å². The van der Waals surface area contributed by atoms with Crippen molar-refractivity contribution in [2.75, 3.05) is 20.3 Å². The maximum atomic E-state index is 5.88. The van der Waals surface area contributed by atoms with Gasteiger partial charge in [0.2, 0.25) is 0 Å². The quantitative estimate of drug-likeness (QED) is 0.517. The second kappa shape index (κ2) is 9.45. The molecule has 0 fully saturated rings. The number of hydrogen-bond donors (Lipinski definition) is 1. The third-order valence-corrected chi connectivity index (χ3v) is 2.82. The number of benzene rings is 1. The predicted molar refractivity (Wildman–Crippen MR) is 79.9 cm³/mol. The molecule has 0 saturated carbocycles. The van der Waals surface area contributed by atoms with Gasteiger partial charge in [0.25, 0.3) is 0 Å². The Kier molecular flexibility index (Phi) is 7.75. The summed E-state index contributed by atoms with van der Waals surface area (Å²) in [6, 6.07) is 6.01. The third-order valence-electron chi connectivity index (χ3n) is 2.82. The summed E-state index contributed by atoms with van der Waals surface area (Å²) >= 11 is 0. The molecule has 0 aromatic heterocycles. The van der Waals surface area contributed by atoms with Crippen molar-refractivity contribution < 1.29 is 9.47 Å². The normalized spacial score (nSPS) is 10.2. The maximum Gasteiger partial charge on any atom is 0.165 e. The lowest BCUT2D eigenvalue weighted by atomic mass is 10.2. The van der Waals surface area contributed by atoms with Gasteiger partial charge in [-0.3, -0.25) is 0 Å². The highest BCUT2D eigenvalue weighted by molar-refractivity contribution is 5.46. The van der Waals surface area contributed by atoms with E-state index >= 15 is 0 Å². The summed E-state index contributed by atoms with van der Waals surface area (Å²) in [5, 5.41) is 3.39. The molecule has 0 radical (unpaired) electrons. The van der Waals surface area contributed by atoms with Gasteiger partial charge in [-0.2, -0.15) is 0 Å². The van der Waals surface area contributed by atoms with Crippen LogP contribution < -0.4 is 14.8 Å². The van der Waals surface area contributed by atoms with Crippen molar-refractivity contribution in [1.29, 1.82) is 0 Å². The summed E-state index contributed by atoms with van der Waals surface area (Å²) in [7, 11) is 1.68. The first-order chi connectivity index (χ1) is 9.33. The van der Waals surface area contributed by atoms with Gasteiger partial charge in [0, 0.05) is 12.1 Å². The minimum absolute atomic E-state index is 0.688. The zero-order valence-electron chi connectivity index (χ0n) is 12.1. The summed E-state index contributed by atoms with van der Waals surface area (Å²) in [6.45, 7) is 8.38. The number of unbranched alkanes of at least 4 members (excludes halogenated alkanes) is 1. The van der Waals surface area contributed by atoms with E-state index < -0.39 is 0 Å². The SMILES string of the molecule is C=CCCCOc1c(CNCCC)cccc1OC. The Morgan fingerprint density at radius 2 is 2.21 bits per heavy atom. The fraction of sp³-hybridized carbons (Fsp3) is 0.500. The van der Waals surface area contributed by atoms with Crippen LogP contribution >= 0.6 is 0 Å². The van der Waals surface area contributed by atoms with Crippen molar-refractivity contribution in [1.82, 2.24) is 5.32 Å². The van der Waals surface area contributed by atoms with E-state index in [1.54, 1.807) is 7.11 Å². The summed E-state index contributed by atoms with van der Waals surface area (Å²) in [5.74, 6) is 1.66. The maximum absolute atomic E-state index is 5.88. The molecule has 1 rings (SSSR count). The Morgan fingerprint density at radius 1 is 1.37 bits per heavy atom. The number of allylic oxidation sites excluding steroid dienone is 1. The molecule has 0 aliphatic carbocycles. The van der Waals surface area contributed by atoms with Gasteiger partial charge in [-0.25, -0.2) is 0 Å². The van der Waals surface area contributed by atoms with Crippen LogP contribution in [-0.4, -0.2) is 20.3 Å². The van der Waals surface area contributed by atoms with E-state index in [1.807, 2.05) is 18.2 Å². The van der Waals surface area contributed by atoms with Crippen LogP contribution in [0.15, 0.2) is 30.9 Å². The molecule has 3 heteroatoms. The van der Waals surface area contributed by atoms with Crippen molar-refractivity contribution in [2.24, 2.45) is 0 Å². The Bertz CT molecular complexity index is 377. The molecule has 1 aromatic rings. The van der Waals surface area contributed by atoms with Crippen LogP contribution in [0.25, 0.3) is 0 Å². The van der Waals surface area contributed by atoms with Crippen LogP contribution in [0.5, 0.6) is 11.5 Å². The van der Waals surface area contributed by atoms with E-state index in [0.29, 0.717) is 6.61 Å². The standard InChI is InChI=1S/C16H25NO2/c1-4-6-7-12-19-16-14(13-17-11-5-2)9-8-10-15(16)18-3/h4,8-10,17H,1,5-7,11-13H2,2-3H3. The Hall–Kier alpha value is -1.48. The first kappa shape index (κ1) is 15.6. The number of rotatable bonds is 10. The number of nitrogens with one attached hydrogen (secondary N) is 1. The Labute approximate surface area is 116 Å². The van der Waals surface area contributed by atoms with Crippen LogP contribution in [-0.2, 0) is 6.54 Å². The second-order valence-corrected chi connectivity index (χ2v) is 4.40. The number of ether oxygens (including phenoxy) is 2. The van der Waals surface area contributed by atoms with E-state index in [0.717, 1.165) is 49.4 Å². The molecule has 1 N–H and O–H groups in total. The van der Waals surface area contributed by atoms with E-state index in [4.69, 9.17) is 9.47 Å². The zero-order chi connectivity index (χ0) is 13.9. The van der Waals surface area contributed by atoms with Gasteiger partial charge in [-0.1, -0.05) is 25.1 Å². The van der Waals surface area contributed by atoms with Gasteiger partial charge in [0.15, 0.2) is 11.5 Å². The molecule has 19 heavy (non-hydrogen) atoms. The van der Waals surface area contributed by atoms with E-state index in [1.165, 1.54) is 0 Å². The summed E-state index contributed by atoms with van der Waals surface area (Å²) in [6.07, 6.45) is 4.98. The number of para-hydroxylation sites is 1. The van der Waals surface area contributed by atoms with E-state index in [9.17, 15) is 0 Å². The zero-order valence-corrected chi connectivity index (χ0v) is 12.1. The van der Waals surface area contributed by atoms with Crippen molar-refractivity contribution in [2.45, 2.75) is 32.7 Å². The number of methoxy groups -OCH3 is 1. The minimum Gasteiger partial charge on any atom is -0.493 e. The Balaban J connectivity index is 2.68. The highest BCUT2D eigenvalue weighted by Gasteiger charge is 2.09. The molecule has 0 atom stereocenters. The summed E-state index contributed by atoms with van der Waals surface area (Å²) in [5.41, 5.74) is 1.14. The lowest BCUT2D eigenvalue weighted by molar-refractivity contribution is 0.286. The van der Waals surface area contributed by atoms with E-state index in [-0.39, 0.29) is 0 Å². The molecular weight excluding hydrogens is 238 g/mol. The first-order valence-corrected chi connectivity index (χ1v) is 6.93. The molecule has 106 valence electrons. The van der Waals surface area contributed by atoms with Crippen LogP contribution in [0.1, 0.15) is 31.7 Å². The fourth-order valence-electron chi connectivity index (χ4n) is 1.83. The van der Waals surface area contributed by atoms with Crippen LogP contribution in [0.4, 0.5) is 0 Å². The average molecular weight is 263 g/mol. The van der Waals surface area contributed by atoms with Gasteiger partial charge >= 0.3 is 0 Å². The molecule has 0 spiro atoms. The van der Waals surface area contributed by atoms with Crippen LogP contribution in [0, 0.1) is 0 Å². The molecule has 0 heterocycles. The van der Waals surface area contributed by atoms with Gasteiger partial charge < -0.3 is 14.8 Å². The number of hydrogen-bond acceptors (Lipinski definition) is 3. The lowest BCUT2D eigenvalue weighted by Gasteiger charge is -2.15. The molecular formula is C16H25NO2. The highest BCUT2D eigenvalue weighted by Crippen LogP contribution is 2.31. The topological polar surface area (TPSA) is 30.5 Å². The van der Waals surface area contributed by atoms with E-state index in [2.05, 4.69) is 24.9 Å². The fourth-order valence-corrected chi connectivity index (χ4v) is 1.83. The molecule has 3 nitrogen and oxygen atoms in total. The lowest BCUT2D eigenvalue weighted by Crippen LogP contribution is -2.15. The molecule has 1 aromatic carbocycles. The van der Waals surface area contributed by atoms with Crippen LogP contribution in [0.2, 0.25) is 0 Å². The average Bonchev–Trinajstić information content (AvgIpc) is 2.44. The molecule has 0 bridgehead atoms. The van der Waals surface area contributed by atoms with Crippen molar-refractivity contribution >= 4 is 0 Å². The minimum atomic E-state index is 0.688. The molecule has 0 aliphatic rings. The highest BCUT2D eigenvalue weighted by atomic mass is 16.5. The second-order valence-electron chi connectivity index (χ2n) is 4.40. The first-order valence-electron chi connectivity index (χ1n) is 6.93. The van der Waals surface area contributed by atoms with Gasteiger partial charge in [0.05, 0.1) is 13.7 Å². The molecule has 0 aliphatic heterocycles. The summed E-state index contributed by atoms with van der Waals surface area (Å²) < 4.78 is 11.3. The smallest absolute Gasteiger partial charge is 0.165 e. The summed E-state index contributed by atoms with van der Waals surface area (Å²) in [4.78, 5) is 0. The van der Waals surface area contributed by atoms with Crippen molar-refractivity contribution in [3.8, 4) is 11.5 Å². The third kappa shape index (κ3) is 5.35. The molecule has 0 unspecified atom stereocenters. The molecule has 0 saturated heterocycles. The van der Waals surface area contributed by atoms with Crippen molar-refractivity contribution in [3.05, 3.63) is 36.4 Å². The van der Waals surface area contributed by atoms with Gasteiger partial charge in [-0.15, -0.1) is 6.58 Å². The van der Waals surface area contributed by atoms with Crippen LogP contribution in [0.3, 0.4) is 0 Å².